The van der Waals surface area contributed by atoms with Crippen LogP contribution in [0.15, 0.2) is 16.6 Å². The minimum Gasteiger partial charge on any atom is -0.496 e. The molecule has 0 saturated carbocycles. The summed E-state index contributed by atoms with van der Waals surface area (Å²) in [5, 5.41) is 0. The van der Waals surface area contributed by atoms with E-state index in [1.54, 1.807) is 0 Å². The fourth-order valence-corrected chi connectivity index (χ4v) is 1.47. The molecule has 6 heteroatoms. The van der Waals surface area contributed by atoms with Crippen LogP contribution in [0.25, 0.3) is 0 Å². The van der Waals surface area contributed by atoms with Gasteiger partial charge in [-0.15, -0.1) is 0 Å². The number of carbonyl (C=O) groups is 1. The Morgan fingerprint density at radius 1 is 1.47 bits per heavy atom. The molecule has 0 heterocycles. The van der Waals surface area contributed by atoms with E-state index in [0.29, 0.717) is 4.47 Å². The number of Topliss-reactive ketones (excluding diaryl/α,β-unsaturated/α-hetero) is 1. The minimum atomic E-state index is -3.26. The number of carbonyl (C=O) groups excluding carboxylic acids is 1. The maximum absolute atomic E-state index is 13.2. The zero-order chi connectivity index (χ0) is 11.6. The maximum atomic E-state index is 13.2. The molecule has 0 aliphatic rings. The number of methoxy groups -OCH3 is 1. The van der Waals surface area contributed by atoms with Crippen molar-refractivity contribution in [2.45, 2.75) is 6.43 Å². The predicted molar refractivity (Wildman–Crippen MR) is 51.0 cm³/mol. The van der Waals surface area contributed by atoms with Gasteiger partial charge >= 0.3 is 6.43 Å². The van der Waals surface area contributed by atoms with E-state index in [9.17, 15) is 18.0 Å². The molecular formula is C9H6BrF3O2. The quantitative estimate of drug-likeness (QED) is 0.797. The zero-order valence-electron chi connectivity index (χ0n) is 7.56. The van der Waals surface area contributed by atoms with Crippen LogP contribution in [0.3, 0.4) is 0 Å². The van der Waals surface area contributed by atoms with Crippen LogP contribution in [-0.4, -0.2) is 19.3 Å². The molecule has 0 radical (unpaired) electrons. The number of alkyl halides is 2. The van der Waals surface area contributed by atoms with Gasteiger partial charge in [0, 0.05) is 4.47 Å². The standard InChI is InChI=1S/C9H6BrF3O2/c1-15-6-3-4(10)2-5(11)7(6)8(14)9(12)13/h2-3,9H,1H3. The summed E-state index contributed by atoms with van der Waals surface area (Å²) in [5.74, 6) is -2.84. The van der Waals surface area contributed by atoms with Crippen LogP contribution in [0.2, 0.25) is 0 Å². The van der Waals surface area contributed by atoms with Gasteiger partial charge in [0.15, 0.2) is 0 Å². The molecule has 0 fully saturated rings. The third-order valence-corrected chi connectivity index (χ3v) is 2.14. The van der Waals surface area contributed by atoms with Crippen LogP contribution in [0.4, 0.5) is 13.2 Å². The van der Waals surface area contributed by atoms with Crippen LogP contribution in [0.1, 0.15) is 10.4 Å². The number of hydrogen-bond acceptors (Lipinski definition) is 2. The van der Waals surface area contributed by atoms with Crippen molar-refractivity contribution in [3.63, 3.8) is 0 Å². The van der Waals surface area contributed by atoms with E-state index in [1.165, 1.54) is 13.2 Å². The van der Waals surface area contributed by atoms with Crippen molar-refractivity contribution in [2.24, 2.45) is 0 Å². The summed E-state index contributed by atoms with van der Waals surface area (Å²) in [7, 11) is 1.17. The fourth-order valence-electron chi connectivity index (χ4n) is 1.06. The first-order valence-electron chi connectivity index (χ1n) is 3.82. The Morgan fingerprint density at radius 2 is 2.07 bits per heavy atom. The van der Waals surface area contributed by atoms with Crippen LogP contribution in [0.5, 0.6) is 5.75 Å². The lowest BCUT2D eigenvalue weighted by Crippen LogP contribution is -2.13. The van der Waals surface area contributed by atoms with Crippen molar-refractivity contribution in [3.05, 3.63) is 28.0 Å². The number of ketones is 1. The Balaban J connectivity index is 3.33. The van der Waals surface area contributed by atoms with Gasteiger partial charge in [-0.1, -0.05) is 15.9 Å². The Labute approximate surface area is 92.2 Å². The SMILES string of the molecule is COc1cc(Br)cc(F)c1C(=O)C(F)F. The van der Waals surface area contributed by atoms with E-state index in [0.717, 1.165) is 6.07 Å². The summed E-state index contributed by atoms with van der Waals surface area (Å²) in [4.78, 5) is 11.0. The van der Waals surface area contributed by atoms with Crippen LogP contribution in [0, 0.1) is 5.82 Å². The predicted octanol–water partition coefficient (Wildman–Crippen LogP) is 3.04. The van der Waals surface area contributed by atoms with Gasteiger partial charge in [-0.05, 0) is 12.1 Å². The first-order valence-corrected chi connectivity index (χ1v) is 4.62. The van der Waals surface area contributed by atoms with Gasteiger partial charge in [0.05, 0.1) is 7.11 Å². The topological polar surface area (TPSA) is 26.3 Å². The average Bonchev–Trinajstić information content (AvgIpc) is 2.15. The molecule has 1 aromatic rings. The maximum Gasteiger partial charge on any atom is 0.300 e. The number of hydrogen-bond donors (Lipinski definition) is 0. The van der Waals surface area contributed by atoms with Crippen molar-refractivity contribution < 1.29 is 22.7 Å². The van der Waals surface area contributed by atoms with E-state index >= 15 is 0 Å². The molecule has 0 atom stereocenters. The molecule has 0 aliphatic heterocycles. The van der Waals surface area contributed by atoms with Crippen molar-refractivity contribution in [2.75, 3.05) is 7.11 Å². The first kappa shape index (κ1) is 12.0. The minimum absolute atomic E-state index is 0.216. The Morgan fingerprint density at radius 3 is 2.53 bits per heavy atom. The third-order valence-electron chi connectivity index (χ3n) is 1.68. The zero-order valence-corrected chi connectivity index (χ0v) is 9.15. The summed E-state index contributed by atoms with van der Waals surface area (Å²) < 4.78 is 42.5. The molecule has 2 nitrogen and oxygen atoms in total. The summed E-state index contributed by atoms with van der Waals surface area (Å²) in [6.45, 7) is 0. The highest BCUT2D eigenvalue weighted by molar-refractivity contribution is 9.10. The highest BCUT2D eigenvalue weighted by Crippen LogP contribution is 2.28. The van der Waals surface area contributed by atoms with Gasteiger partial charge in [0.1, 0.15) is 17.1 Å². The highest BCUT2D eigenvalue weighted by atomic mass is 79.9. The van der Waals surface area contributed by atoms with Crippen molar-refractivity contribution in [1.82, 2.24) is 0 Å². The average molecular weight is 283 g/mol. The third kappa shape index (κ3) is 2.50. The number of ether oxygens (including phenoxy) is 1. The van der Waals surface area contributed by atoms with Gasteiger partial charge in [-0.3, -0.25) is 4.79 Å². The van der Waals surface area contributed by atoms with Gasteiger partial charge in [0.2, 0.25) is 5.78 Å². The van der Waals surface area contributed by atoms with E-state index in [1.807, 2.05) is 0 Å². The molecule has 0 spiro atoms. The van der Waals surface area contributed by atoms with E-state index in [2.05, 4.69) is 20.7 Å². The Hall–Kier alpha value is -1.04. The molecule has 1 aromatic carbocycles. The molecule has 15 heavy (non-hydrogen) atoms. The van der Waals surface area contributed by atoms with Crippen LogP contribution < -0.4 is 4.74 Å². The summed E-state index contributed by atoms with van der Waals surface area (Å²) in [6.07, 6.45) is -3.26. The normalized spacial score (nSPS) is 10.5. The van der Waals surface area contributed by atoms with Crippen molar-refractivity contribution in [3.8, 4) is 5.75 Å². The van der Waals surface area contributed by atoms with Crippen molar-refractivity contribution >= 4 is 21.7 Å². The smallest absolute Gasteiger partial charge is 0.300 e. The van der Waals surface area contributed by atoms with Crippen LogP contribution in [-0.2, 0) is 0 Å². The molecule has 0 aliphatic carbocycles. The molecule has 0 aromatic heterocycles. The molecule has 0 bridgehead atoms. The Bertz CT molecular complexity index is 393. The molecule has 82 valence electrons. The van der Waals surface area contributed by atoms with E-state index in [-0.39, 0.29) is 5.75 Å². The number of rotatable bonds is 3. The number of benzene rings is 1. The van der Waals surface area contributed by atoms with Gasteiger partial charge in [-0.2, -0.15) is 0 Å². The molecule has 0 amide bonds. The summed E-state index contributed by atoms with van der Waals surface area (Å²) in [6, 6.07) is 2.18. The second-order valence-electron chi connectivity index (χ2n) is 2.63. The lowest BCUT2D eigenvalue weighted by Gasteiger charge is -2.08. The highest BCUT2D eigenvalue weighted by Gasteiger charge is 2.25. The van der Waals surface area contributed by atoms with E-state index < -0.39 is 23.6 Å². The molecule has 1 rings (SSSR count). The second-order valence-corrected chi connectivity index (χ2v) is 3.55. The molecule has 0 N–H and O–H groups in total. The van der Waals surface area contributed by atoms with E-state index in [4.69, 9.17) is 0 Å². The van der Waals surface area contributed by atoms with Crippen molar-refractivity contribution in [1.29, 1.82) is 0 Å². The first-order chi connectivity index (χ1) is 6.97. The molecule has 0 saturated heterocycles. The van der Waals surface area contributed by atoms with Gasteiger partial charge in [-0.25, -0.2) is 13.2 Å². The fraction of sp³-hybridized carbons (Fsp3) is 0.222. The lowest BCUT2D eigenvalue weighted by molar-refractivity contribution is 0.0670. The monoisotopic (exact) mass is 282 g/mol. The lowest BCUT2D eigenvalue weighted by atomic mass is 10.1. The van der Waals surface area contributed by atoms with Crippen LogP contribution >= 0.6 is 15.9 Å². The largest absolute Gasteiger partial charge is 0.496 e. The van der Waals surface area contributed by atoms with Gasteiger partial charge in [0.25, 0.3) is 0 Å². The molecular weight excluding hydrogens is 277 g/mol. The second kappa shape index (κ2) is 4.65. The van der Waals surface area contributed by atoms with Gasteiger partial charge < -0.3 is 4.74 Å². The number of halogens is 4. The Kier molecular flexibility index (Phi) is 3.73. The summed E-state index contributed by atoms with van der Waals surface area (Å²) in [5.41, 5.74) is -0.726. The molecule has 0 unspecified atom stereocenters. The summed E-state index contributed by atoms with van der Waals surface area (Å²) >= 11 is 2.96.